The number of phenols is 2. The molecule has 0 aliphatic rings. The van der Waals surface area contributed by atoms with Gasteiger partial charge in [-0.1, -0.05) is 6.07 Å². The number of aliphatic hydroxyl groups is 2. The van der Waals surface area contributed by atoms with Gasteiger partial charge in [-0.2, -0.15) is 0 Å². The van der Waals surface area contributed by atoms with Crippen LogP contribution < -0.4 is 11.1 Å². The first-order valence-corrected chi connectivity index (χ1v) is 6.12. The van der Waals surface area contributed by atoms with E-state index in [2.05, 4.69) is 5.32 Å². The first-order chi connectivity index (χ1) is 9.25. The van der Waals surface area contributed by atoms with E-state index in [1.807, 2.05) is 0 Å². The average Bonchev–Trinajstić information content (AvgIpc) is 2.40. The number of aromatic hydroxyl groups is 2. The summed E-state index contributed by atoms with van der Waals surface area (Å²) in [6.45, 7) is 0.794. The zero-order valence-corrected chi connectivity index (χ0v) is 11.2. The van der Waals surface area contributed by atoms with Gasteiger partial charge in [0.1, 0.15) is 5.60 Å². The van der Waals surface area contributed by atoms with Crippen molar-refractivity contribution in [3.63, 3.8) is 0 Å². The van der Waals surface area contributed by atoms with Crippen LogP contribution in [-0.4, -0.2) is 51.1 Å². The minimum atomic E-state index is -1.40. The zero-order chi connectivity index (χ0) is 15.3. The molecule has 0 aliphatic heterocycles. The Kier molecular flexibility index (Phi) is 5.32. The smallest absolute Gasteiger partial charge is 0.237 e. The predicted octanol–water partition coefficient (Wildman–Crippen LogP) is -1.17. The summed E-state index contributed by atoms with van der Waals surface area (Å²) < 4.78 is 0. The summed E-state index contributed by atoms with van der Waals surface area (Å²) in [5.74, 6) is -1.00. The van der Waals surface area contributed by atoms with Crippen molar-refractivity contribution in [2.45, 2.75) is 25.0 Å². The number of nitrogens with one attached hydrogen (secondary N) is 1. The van der Waals surface area contributed by atoms with E-state index >= 15 is 0 Å². The minimum Gasteiger partial charge on any atom is -0.504 e. The van der Waals surface area contributed by atoms with Gasteiger partial charge in [-0.05, 0) is 31.0 Å². The molecule has 20 heavy (non-hydrogen) atoms. The molecule has 112 valence electrons. The molecular formula is C13H20N2O5. The third-order valence-electron chi connectivity index (χ3n) is 2.82. The summed E-state index contributed by atoms with van der Waals surface area (Å²) in [5.41, 5.74) is 4.91. The Morgan fingerprint density at radius 3 is 2.60 bits per heavy atom. The van der Waals surface area contributed by atoms with Gasteiger partial charge < -0.3 is 31.5 Å². The molecule has 0 aromatic heterocycles. The molecular weight excluding hydrogens is 264 g/mol. The van der Waals surface area contributed by atoms with E-state index in [4.69, 9.17) is 10.8 Å². The first kappa shape index (κ1) is 16.2. The van der Waals surface area contributed by atoms with Crippen molar-refractivity contribution in [3.8, 4) is 11.5 Å². The van der Waals surface area contributed by atoms with Gasteiger partial charge in [-0.25, -0.2) is 0 Å². The van der Waals surface area contributed by atoms with Crippen LogP contribution in [-0.2, 0) is 11.2 Å². The maximum absolute atomic E-state index is 11.7. The second-order valence-electron chi connectivity index (χ2n) is 5.01. The highest BCUT2D eigenvalue weighted by molar-refractivity contribution is 5.81. The van der Waals surface area contributed by atoms with E-state index in [9.17, 15) is 20.1 Å². The fraction of sp³-hybridized carbons (Fsp3) is 0.462. The van der Waals surface area contributed by atoms with E-state index in [1.165, 1.54) is 19.1 Å². The number of aliphatic hydroxyl groups excluding tert-OH is 1. The lowest BCUT2D eigenvalue weighted by Crippen LogP contribution is -2.49. The monoisotopic (exact) mass is 284 g/mol. The van der Waals surface area contributed by atoms with Gasteiger partial charge in [-0.3, -0.25) is 4.79 Å². The molecule has 7 nitrogen and oxygen atoms in total. The molecule has 1 amide bonds. The van der Waals surface area contributed by atoms with Crippen molar-refractivity contribution in [3.05, 3.63) is 23.8 Å². The largest absolute Gasteiger partial charge is 0.504 e. The molecule has 0 saturated carbocycles. The lowest BCUT2D eigenvalue weighted by Gasteiger charge is -2.22. The number of carbonyl (C=O) groups excluding carboxylic acids is 1. The summed E-state index contributed by atoms with van der Waals surface area (Å²) in [7, 11) is 0. The summed E-state index contributed by atoms with van der Waals surface area (Å²) >= 11 is 0. The molecule has 0 aliphatic carbocycles. The molecule has 0 bridgehead atoms. The van der Waals surface area contributed by atoms with E-state index in [0.717, 1.165) is 0 Å². The lowest BCUT2D eigenvalue weighted by molar-refractivity contribution is -0.123. The minimum absolute atomic E-state index is 0.114. The molecule has 7 N–H and O–H groups in total. The summed E-state index contributed by atoms with van der Waals surface area (Å²) in [5, 5.41) is 39.3. The predicted molar refractivity (Wildman–Crippen MR) is 72.2 cm³/mol. The fourth-order valence-corrected chi connectivity index (χ4v) is 1.51. The van der Waals surface area contributed by atoms with Crippen LogP contribution in [0, 0.1) is 0 Å². The highest BCUT2D eigenvalue weighted by Crippen LogP contribution is 2.25. The van der Waals surface area contributed by atoms with Gasteiger partial charge in [0, 0.05) is 6.54 Å². The number of hydrogen-bond acceptors (Lipinski definition) is 6. The quantitative estimate of drug-likeness (QED) is 0.364. The molecule has 0 radical (unpaired) electrons. The number of carbonyl (C=O) groups is 1. The topological polar surface area (TPSA) is 136 Å². The zero-order valence-electron chi connectivity index (χ0n) is 11.2. The van der Waals surface area contributed by atoms with Gasteiger partial charge in [0.25, 0.3) is 0 Å². The van der Waals surface area contributed by atoms with Crippen molar-refractivity contribution in [1.29, 1.82) is 0 Å². The summed E-state index contributed by atoms with van der Waals surface area (Å²) in [6.07, 6.45) is 0.168. The van der Waals surface area contributed by atoms with Crippen LogP contribution in [0.5, 0.6) is 11.5 Å². The number of hydrogen-bond donors (Lipinski definition) is 6. The van der Waals surface area contributed by atoms with Crippen molar-refractivity contribution in [2.24, 2.45) is 5.73 Å². The van der Waals surface area contributed by atoms with E-state index in [1.54, 1.807) is 6.07 Å². The van der Waals surface area contributed by atoms with Crippen LogP contribution in [0.25, 0.3) is 0 Å². The van der Waals surface area contributed by atoms with Crippen molar-refractivity contribution < 1.29 is 25.2 Å². The highest BCUT2D eigenvalue weighted by Gasteiger charge is 2.22. The van der Waals surface area contributed by atoms with Gasteiger partial charge in [0.2, 0.25) is 5.91 Å². The Morgan fingerprint density at radius 2 is 2.05 bits per heavy atom. The van der Waals surface area contributed by atoms with E-state index in [0.29, 0.717) is 5.56 Å². The normalized spacial score (nSPS) is 15.4. The van der Waals surface area contributed by atoms with Crippen molar-refractivity contribution in [1.82, 2.24) is 5.32 Å². The Labute approximate surface area is 116 Å². The van der Waals surface area contributed by atoms with Crippen LogP contribution >= 0.6 is 0 Å². The Hall–Kier alpha value is -1.83. The average molecular weight is 284 g/mol. The van der Waals surface area contributed by atoms with Gasteiger partial charge in [-0.15, -0.1) is 0 Å². The van der Waals surface area contributed by atoms with Gasteiger partial charge in [0.05, 0.1) is 12.6 Å². The number of amides is 1. The van der Waals surface area contributed by atoms with Crippen LogP contribution in [0.3, 0.4) is 0 Å². The van der Waals surface area contributed by atoms with Crippen LogP contribution in [0.2, 0.25) is 0 Å². The maximum Gasteiger partial charge on any atom is 0.237 e. The summed E-state index contributed by atoms with van der Waals surface area (Å²) in [4.78, 5) is 11.7. The van der Waals surface area contributed by atoms with E-state index in [-0.39, 0.29) is 24.5 Å². The molecule has 1 rings (SSSR count). The van der Waals surface area contributed by atoms with Crippen LogP contribution in [0.1, 0.15) is 12.5 Å². The number of benzene rings is 1. The lowest BCUT2D eigenvalue weighted by atomic mass is 10.0. The molecule has 0 fully saturated rings. The number of rotatable bonds is 6. The molecule has 0 heterocycles. The van der Waals surface area contributed by atoms with Crippen LogP contribution in [0.4, 0.5) is 0 Å². The molecule has 2 atom stereocenters. The Bertz CT molecular complexity index is 476. The first-order valence-electron chi connectivity index (χ1n) is 6.12. The van der Waals surface area contributed by atoms with Crippen molar-refractivity contribution >= 4 is 5.91 Å². The fourth-order valence-electron chi connectivity index (χ4n) is 1.51. The Morgan fingerprint density at radius 1 is 1.40 bits per heavy atom. The third kappa shape index (κ3) is 4.69. The van der Waals surface area contributed by atoms with Gasteiger partial charge >= 0.3 is 0 Å². The third-order valence-corrected chi connectivity index (χ3v) is 2.82. The molecule has 1 aromatic rings. The molecule has 1 unspecified atom stereocenters. The van der Waals surface area contributed by atoms with E-state index < -0.39 is 24.2 Å². The maximum atomic E-state index is 11.7. The molecule has 0 spiro atoms. The molecule has 7 heteroatoms. The molecule has 1 aromatic carbocycles. The van der Waals surface area contributed by atoms with Gasteiger partial charge in [0.15, 0.2) is 11.5 Å². The van der Waals surface area contributed by atoms with Crippen LogP contribution in [0.15, 0.2) is 18.2 Å². The summed E-state index contributed by atoms with van der Waals surface area (Å²) in [6, 6.07) is 3.32. The standard InChI is InChI=1S/C13H20N2O5/c1-13(20,7-16)6-15-12(19)9(14)4-8-2-3-10(17)11(18)5-8/h2-3,5,9,16-18,20H,4,6-7,14H2,1H3,(H,15,19)/t9-,13?/m0/s1. The highest BCUT2D eigenvalue weighted by atomic mass is 16.3. The Balaban J connectivity index is 2.55. The second kappa shape index (κ2) is 6.56. The SMILES string of the molecule is CC(O)(CO)CNC(=O)[C@@H](N)Cc1ccc(O)c(O)c1. The van der Waals surface area contributed by atoms with Crippen molar-refractivity contribution in [2.75, 3.05) is 13.2 Å². The number of phenolic OH excluding ortho intramolecular Hbond substituents is 2. The number of nitrogens with two attached hydrogens (primary N) is 1. The second-order valence-corrected chi connectivity index (χ2v) is 5.01. The molecule has 0 saturated heterocycles.